The van der Waals surface area contributed by atoms with Gasteiger partial charge in [0.15, 0.2) is 0 Å². The van der Waals surface area contributed by atoms with Gasteiger partial charge in [0.1, 0.15) is 24.2 Å². The van der Waals surface area contributed by atoms with Crippen molar-refractivity contribution in [1.29, 1.82) is 0 Å². The molecule has 0 aliphatic heterocycles. The molecule has 8 amide bonds. The average Bonchev–Trinajstić information content (AvgIpc) is 3.60. The van der Waals surface area contributed by atoms with Gasteiger partial charge >= 0.3 is 0 Å². The first-order chi connectivity index (χ1) is 43.0. The molecule has 0 saturated heterocycles. The zero-order valence-electron chi connectivity index (χ0n) is 54.9. The molecule has 0 heterocycles. The molecule has 8 atom stereocenters. The van der Waals surface area contributed by atoms with Gasteiger partial charge in [0.2, 0.25) is 47.3 Å². The van der Waals surface area contributed by atoms with Crippen molar-refractivity contribution in [2.75, 3.05) is 75.5 Å². The highest BCUT2D eigenvalue weighted by Gasteiger charge is 2.30. The van der Waals surface area contributed by atoms with Crippen molar-refractivity contribution in [3.63, 3.8) is 0 Å². The first kappa shape index (κ1) is 85.1. The number of amides is 8. The van der Waals surface area contributed by atoms with Gasteiger partial charge in [-0.1, -0.05) is 149 Å². The van der Waals surface area contributed by atoms with Gasteiger partial charge in [-0.05, 0) is 90.1 Å². The Morgan fingerprint density at radius 1 is 0.315 bits per heavy atom. The van der Waals surface area contributed by atoms with Crippen LogP contribution in [0, 0.1) is 0 Å². The Morgan fingerprint density at radius 3 is 0.854 bits per heavy atom. The van der Waals surface area contributed by atoms with E-state index < -0.39 is 97.0 Å². The van der Waals surface area contributed by atoms with Gasteiger partial charge in [-0.15, -0.1) is 0 Å². The van der Waals surface area contributed by atoms with Gasteiger partial charge in [0, 0.05) is 49.2 Å². The maximum atomic E-state index is 13.9. The Morgan fingerprint density at radius 2 is 0.562 bits per heavy atom. The number of thioether (sulfide) groups is 2. The molecule has 0 bridgehead atoms. The SMILES string of the molecule is CCCCCCCCCCCCCNC(=O)C(CO)NC(=O)C(CSCCSCC(NC(=O)C(N)CCCCNC(=O)C(N)CCCCN)C(=O)NC(CO)C(=O)NCCCCCCCCCCCC)NC(=O)C(N)CCCCNC(=O)C(N)CCCCN. The fraction of sp³-hybridized carbons (Fsp3) is 0.873. The third-order valence-electron chi connectivity index (χ3n) is 15.5. The lowest BCUT2D eigenvalue weighted by molar-refractivity contribution is -0.132. The molecular weight excluding hydrogens is 1180 g/mol. The summed E-state index contributed by atoms with van der Waals surface area (Å²) < 4.78 is 0. The van der Waals surface area contributed by atoms with Crippen molar-refractivity contribution in [2.24, 2.45) is 34.4 Å². The highest BCUT2D eigenvalue weighted by atomic mass is 32.2. The van der Waals surface area contributed by atoms with E-state index in [1.54, 1.807) is 0 Å². The van der Waals surface area contributed by atoms with Gasteiger partial charge in [0.25, 0.3) is 0 Å². The van der Waals surface area contributed by atoms with E-state index in [-0.39, 0.29) is 36.2 Å². The summed E-state index contributed by atoms with van der Waals surface area (Å²) in [7, 11) is 0. The summed E-state index contributed by atoms with van der Waals surface area (Å²) in [4.78, 5) is 106. The molecular formula is C63H126N14O10S2. The van der Waals surface area contributed by atoms with E-state index >= 15 is 0 Å². The van der Waals surface area contributed by atoms with Crippen molar-refractivity contribution >= 4 is 70.8 Å². The quantitative estimate of drug-likeness (QED) is 0.0389. The van der Waals surface area contributed by atoms with Crippen LogP contribution in [0.1, 0.15) is 226 Å². The molecule has 0 fully saturated rings. The number of nitrogens with two attached hydrogens (primary N) is 6. The van der Waals surface area contributed by atoms with E-state index in [4.69, 9.17) is 34.4 Å². The van der Waals surface area contributed by atoms with Crippen LogP contribution in [0.15, 0.2) is 0 Å². The molecule has 0 radical (unpaired) electrons. The zero-order valence-corrected chi connectivity index (χ0v) is 56.5. The molecule has 0 aromatic carbocycles. The maximum Gasteiger partial charge on any atom is 0.244 e. The number of aliphatic hydroxyl groups excluding tert-OH is 2. The molecule has 0 aromatic rings. The number of nitrogens with one attached hydrogen (secondary N) is 8. The number of carbonyl (C=O) groups is 8. The summed E-state index contributed by atoms with van der Waals surface area (Å²) >= 11 is 2.60. The van der Waals surface area contributed by atoms with Crippen LogP contribution in [-0.2, 0) is 38.4 Å². The van der Waals surface area contributed by atoms with Crippen molar-refractivity contribution < 1.29 is 48.6 Å². The van der Waals surface area contributed by atoms with Crippen molar-refractivity contribution in [3.05, 3.63) is 0 Å². The Labute approximate surface area is 543 Å². The van der Waals surface area contributed by atoms with Crippen LogP contribution in [0.2, 0.25) is 0 Å². The molecule has 89 heavy (non-hydrogen) atoms. The van der Waals surface area contributed by atoms with E-state index in [9.17, 15) is 48.6 Å². The number of carbonyl (C=O) groups excluding carboxylic acids is 8. The zero-order chi connectivity index (χ0) is 66.1. The van der Waals surface area contributed by atoms with Gasteiger partial charge in [-0.3, -0.25) is 38.4 Å². The van der Waals surface area contributed by atoms with E-state index in [2.05, 4.69) is 56.4 Å². The predicted octanol–water partition coefficient (Wildman–Crippen LogP) is 2.98. The molecule has 0 aliphatic rings. The Balaban J connectivity index is 5.89. The summed E-state index contributed by atoms with van der Waals surface area (Å²) in [5.41, 5.74) is 35.7. The molecule has 0 spiro atoms. The van der Waals surface area contributed by atoms with Crippen molar-refractivity contribution in [1.82, 2.24) is 42.5 Å². The fourth-order valence-corrected chi connectivity index (χ4v) is 11.9. The van der Waals surface area contributed by atoms with Crippen LogP contribution >= 0.6 is 23.5 Å². The summed E-state index contributed by atoms with van der Waals surface area (Å²) in [5.74, 6) is -3.42. The van der Waals surface area contributed by atoms with Crippen molar-refractivity contribution in [3.8, 4) is 0 Å². The lowest BCUT2D eigenvalue weighted by Crippen LogP contribution is -2.57. The molecule has 0 saturated carbocycles. The molecule has 0 rings (SSSR count). The monoisotopic (exact) mass is 1300 g/mol. The van der Waals surface area contributed by atoms with Gasteiger partial charge in [0.05, 0.1) is 37.4 Å². The van der Waals surface area contributed by atoms with Gasteiger partial charge in [-0.25, -0.2) is 0 Å². The Bertz CT molecular complexity index is 1850. The standard InChI is InChI=1S/C63H126N14O10S2/c1-3-5-7-9-11-13-15-17-19-21-29-39-73-61(85)53(45-79)75-63(87)55(77-59(83)51(69)35-25-31-41-71-57(81)49(67)33-23-27-37-65)47-89-43-42-88-46-54(76-58(82)50(68)34-24-30-40-70-56(80)48(66)32-22-26-36-64)62(86)74-52(44-78)60(84)72-38-28-20-18-16-14-12-10-8-6-4-2/h48-55,78-79H,3-47,64-69H2,1-2H3,(H,70,80)(H,71,81)(H,72,84)(H,73,85)(H,74,86)(H,75,87)(H,76,82)(H,77,83). The lowest BCUT2D eigenvalue weighted by atomic mass is 10.1. The number of unbranched alkanes of at least 4 members (excludes halogenated alkanes) is 23. The summed E-state index contributed by atoms with van der Waals surface area (Å²) in [6.45, 7) is 5.52. The van der Waals surface area contributed by atoms with Crippen LogP contribution in [0.3, 0.4) is 0 Å². The number of rotatable bonds is 62. The molecule has 26 heteroatoms. The fourth-order valence-electron chi connectivity index (χ4n) is 9.65. The molecule has 22 N–H and O–H groups in total. The first-order valence-corrected chi connectivity index (χ1v) is 36.4. The van der Waals surface area contributed by atoms with E-state index in [0.717, 1.165) is 77.0 Å². The Hall–Kier alpha value is -3.86. The van der Waals surface area contributed by atoms with Gasteiger partial charge in [-0.2, -0.15) is 23.5 Å². The van der Waals surface area contributed by atoms with Crippen LogP contribution < -0.4 is 76.9 Å². The topological polar surface area (TPSA) is 429 Å². The maximum absolute atomic E-state index is 13.9. The number of aliphatic hydroxyl groups is 2. The molecule has 520 valence electrons. The molecule has 0 aliphatic carbocycles. The predicted molar refractivity (Wildman–Crippen MR) is 362 cm³/mol. The van der Waals surface area contributed by atoms with E-state index in [0.29, 0.717) is 89.3 Å². The van der Waals surface area contributed by atoms with Crippen LogP contribution in [0.4, 0.5) is 0 Å². The van der Waals surface area contributed by atoms with Crippen LogP contribution in [0.25, 0.3) is 0 Å². The largest absolute Gasteiger partial charge is 0.394 e. The summed E-state index contributed by atoms with van der Waals surface area (Å²) in [5, 5.41) is 42.4. The average molecular weight is 1300 g/mol. The third-order valence-corrected chi connectivity index (χ3v) is 17.9. The normalized spacial score (nSPS) is 14.0. The Kier molecular flexibility index (Phi) is 56.6. The minimum atomic E-state index is -1.28. The second-order valence-corrected chi connectivity index (χ2v) is 25.9. The second kappa shape index (κ2) is 59.2. The highest BCUT2D eigenvalue weighted by Crippen LogP contribution is 2.15. The molecule has 0 aromatic heterocycles. The van der Waals surface area contributed by atoms with Crippen LogP contribution in [0.5, 0.6) is 0 Å². The molecule has 24 nitrogen and oxygen atoms in total. The van der Waals surface area contributed by atoms with E-state index in [1.807, 2.05) is 0 Å². The lowest BCUT2D eigenvalue weighted by Gasteiger charge is -2.24. The van der Waals surface area contributed by atoms with Gasteiger partial charge < -0.3 is 87.1 Å². The summed E-state index contributed by atoms with van der Waals surface area (Å²) in [6.07, 6.45) is 30.5. The first-order valence-electron chi connectivity index (χ1n) is 34.1. The summed E-state index contributed by atoms with van der Waals surface area (Å²) in [6, 6.07) is -8.23. The minimum Gasteiger partial charge on any atom is -0.394 e. The smallest absolute Gasteiger partial charge is 0.244 e. The highest BCUT2D eigenvalue weighted by molar-refractivity contribution is 8.03. The van der Waals surface area contributed by atoms with Crippen molar-refractivity contribution in [2.45, 2.75) is 274 Å². The van der Waals surface area contributed by atoms with Crippen LogP contribution in [-0.4, -0.2) is 181 Å². The van der Waals surface area contributed by atoms with E-state index in [1.165, 1.54) is 107 Å². The minimum absolute atomic E-state index is 0.0358. The number of hydrogen-bond donors (Lipinski definition) is 16. The number of hydrogen-bond acceptors (Lipinski definition) is 18. The second-order valence-electron chi connectivity index (χ2n) is 23.6. The molecule has 8 unspecified atom stereocenters. The third kappa shape index (κ3) is 46.8.